The Kier molecular flexibility index (Phi) is 4.30. The quantitative estimate of drug-likeness (QED) is 0.787. The van der Waals surface area contributed by atoms with Crippen molar-refractivity contribution in [3.05, 3.63) is 41.5 Å². The molecule has 0 aromatic heterocycles. The van der Waals surface area contributed by atoms with Gasteiger partial charge in [0.05, 0.1) is 0 Å². The van der Waals surface area contributed by atoms with Gasteiger partial charge in [-0.15, -0.1) is 0 Å². The number of allylic oxidation sites excluding steroid dienone is 1. The molecule has 122 valence electrons. The Balaban J connectivity index is 2.03. The van der Waals surface area contributed by atoms with Crippen molar-refractivity contribution in [2.45, 2.75) is 43.1 Å². The molecule has 1 aliphatic rings. The largest absolute Gasteiger partial charge is 0.426 e. The molecule has 1 unspecified atom stereocenters. The molecule has 7 heteroatoms. The Morgan fingerprint density at radius 2 is 1.55 bits per heavy atom. The summed E-state index contributed by atoms with van der Waals surface area (Å²) < 4.78 is 75.3. The van der Waals surface area contributed by atoms with Gasteiger partial charge < -0.3 is 5.11 Å². The Bertz CT molecular complexity index is 544. The minimum atomic E-state index is -5.74. The van der Waals surface area contributed by atoms with E-state index in [9.17, 15) is 26.3 Å². The fourth-order valence-electron chi connectivity index (χ4n) is 2.60. The summed E-state index contributed by atoms with van der Waals surface area (Å²) in [5, 5.41) is 9.09. The van der Waals surface area contributed by atoms with E-state index in [4.69, 9.17) is 5.11 Å². The van der Waals surface area contributed by atoms with Gasteiger partial charge >= 0.3 is 12.4 Å². The summed E-state index contributed by atoms with van der Waals surface area (Å²) in [5.74, 6) is -0.220. The molecule has 1 N–H and O–H groups in total. The molecule has 1 nitrogen and oxygen atoms in total. The van der Waals surface area contributed by atoms with Gasteiger partial charge in [-0.3, -0.25) is 0 Å². The van der Waals surface area contributed by atoms with Gasteiger partial charge in [0.1, 0.15) is 0 Å². The molecular weight excluding hydrogens is 310 g/mol. The molecule has 0 saturated carbocycles. The number of hydrogen-bond acceptors (Lipinski definition) is 1. The van der Waals surface area contributed by atoms with Crippen LogP contribution in [0.4, 0.5) is 26.3 Å². The summed E-state index contributed by atoms with van der Waals surface area (Å²) in [7, 11) is 0. The minimum Gasteiger partial charge on any atom is -0.374 e. The predicted molar refractivity (Wildman–Crippen MR) is 69.1 cm³/mol. The molecular formula is C15H14F6O. The summed E-state index contributed by atoms with van der Waals surface area (Å²) in [6, 6.07) is 7.19. The zero-order chi connectivity index (χ0) is 16.6. The second kappa shape index (κ2) is 5.61. The van der Waals surface area contributed by atoms with E-state index >= 15 is 0 Å². The predicted octanol–water partition coefficient (Wildman–Crippen LogP) is 4.82. The second-order valence-electron chi connectivity index (χ2n) is 5.34. The number of hydrogen-bond donors (Lipinski definition) is 1. The summed E-state index contributed by atoms with van der Waals surface area (Å²) in [6.07, 6.45) is -9.61. The van der Waals surface area contributed by atoms with Gasteiger partial charge in [-0.05, 0) is 30.4 Å². The van der Waals surface area contributed by atoms with Crippen molar-refractivity contribution in [3.8, 4) is 0 Å². The van der Waals surface area contributed by atoms with Crippen molar-refractivity contribution in [2.75, 3.05) is 0 Å². The third kappa shape index (κ3) is 2.99. The molecule has 0 bridgehead atoms. The lowest BCUT2D eigenvalue weighted by Crippen LogP contribution is -2.56. The van der Waals surface area contributed by atoms with Gasteiger partial charge in [0.2, 0.25) is 0 Å². The van der Waals surface area contributed by atoms with E-state index in [2.05, 4.69) is 0 Å². The Morgan fingerprint density at radius 3 is 2.14 bits per heavy atom. The van der Waals surface area contributed by atoms with E-state index in [1.165, 1.54) is 0 Å². The van der Waals surface area contributed by atoms with Crippen molar-refractivity contribution in [3.63, 3.8) is 0 Å². The zero-order valence-corrected chi connectivity index (χ0v) is 11.4. The fourth-order valence-corrected chi connectivity index (χ4v) is 2.60. The number of rotatable bonds is 4. The topological polar surface area (TPSA) is 20.2 Å². The van der Waals surface area contributed by atoms with Crippen LogP contribution >= 0.6 is 0 Å². The number of halogens is 6. The molecule has 0 heterocycles. The first kappa shape index (κ1) is 16.9. The normalized spacial score (nSPS) is 18.6. The molecule has 0 amide bonds. The highest BCUT2D eigenvalue weighted by molar-refractivity contribution is 5.62. The van der Waals surface area contributed by atoms with Crippen LogP contribution < -0.4 is 0 Å². The maximum Gasteiger partial charge on any atom is 0.426 e. The maximum atomic E-state index is 12.6. The number of fused-ring (bicyclic) bond motifs is 1. The molecule has 1 atom stereocenters. The van der Waals surface area contributed by atoms with Crippen molar-refractivity contribution < 1.29 is 31.4 Å². The monoisotopic (exact) mass is 324 g/mol. The lowest BCUT2D eigenvalue weighted by molar-refractivity contribution is -0.370. The van der Waals surface area contributed by atoms with E-state index in [0.717, 1.165) is 11.1 Å². The van der Waals surface area contributed by atoms with E-state index < -0.39 is 30.8 Å². The fraction of sp³-hybridized carbons (Fsp3) is 0.467. The van der Waals surface area contributed by atoms with Crippen molar-refractivity contribution >= 4 is 6.08 Å². The molecule has 0 radical (unpaired) electrons. The lowest BCUT2D eigenvalue weighted by atomic mass is 9.90. The summed E-state index contributed by atoms with van der Waals surface area (Å²) >= 11 is 0. The molecule has 1 aromatic rings. The van der Waals surface area contributed by atoms with Gasteiger partial charge in [-0.1, -0.05) is 36.4 Å². The second-order valence-corrected chi connectivity index (χ2v) is 5.34. The summed E-state index contributed by atoms with van der Waals surface area (Å²) in [6.45, 7) is 0. The van der Waals surface area contributed by atoms with Crippen LogP contribution in [0.1, 0.15) is 36.3 Å². The first-order chi connectivity index (χ1) is 10.1. The number of aliphatic hydroxyl groups is 1. The Hall–Kier alpha value is -1.50. The minimum absolute atomic E-state index is 0.113. The smallest absolute Gasteiger partial charge is 0.374 e. The molecule has 2 rings (SSSR count). The third-order valence-electron chi connectivity index (χ3n) is 3.90. The van der Waals surface area contributed by atoms with Crippen molar-refractivity contribution in [1.29, 1.82) is 0 Å². The van der Waals surface area contributed by atoms with Crippen LogP contribution in [0.25, 0.3) is 6.08 Å². The van der Waals surface area contributed by atoms with Gasteiger partial charge in [-0.2, -0.15) is 26.3 Å². The van der Waals surface area contributed by atoms with Crippen LogP contribution in [0.15, 0.2) is 30.3 Å². The molecule has 0 spiro atoms. The van der Waals surface area contributed by atoms with E-state index in [0.29, 0.717) is 0 Å². The van der Waals surface area contributed by atoms with E-state index in [-0.39, 0.29) is 12.3 Å². The lowest BCUT2D eigenvalue weighted by Gasteiger charge is -2.32. The van der Waals surface area contributed by atoms with Crippen LogP contribution in [0.3, 0.4) is 0 Å². The van der Waals surface area contributed by atoms with E-state index in [1.54, 1.807) is 30.4 Å². The van der Waals surface area contributed by atoms with Crippen LogP contribution in [-0.4, -0.2) is 23.1 Å². The van der Waals surface area contributed by atoms with Crippen molar-refractivity contribution in [1.82, 2.24) is 0 Å². The molecule has 0 fully saturated rings. The molecule has 0 aliphatic heterocycles. The van der Waals surface area contributed by atoms with Crippen LogP contribution in [0, 0.1) is 0 Å². The highest BCUT2D eigenvalue weighted by Crippen LogP contribution is 2.46. The maximum absolute atomic E-state index is 12.6. The average Bonchev–Trinajstić information content (AvgIpc) is 2.79. The Labute approximate surface area is 123 Å². The highest BCUT2D eigenvalue weighted by Gasteiger charge is 2.69. The van der Waals surface area contributed by atoms with Gasteiger partial charge in [0.25, 0.3) is 5.60 Å². The first-order valence-corrected chi connectivity index (χ1v) is 6.69. The molecule has 0 saturated heterocycles. The molecule has 22 heavy (non-hydrogen) atoms. The Morgan fingerprint density at radius 1 is 0.955 bits per heavy atom. The first-order valence-electron chi connectivity index (χ1n) is 6.69. The van der Waals surface area contributed by atoms with E-state index in [1.807, 2.05) is 6.07 Å². The highest BCUT2D eigenvalue weighted by atomic mass is 19.4. The standard InChI is InChI=1S/C15H14F6O/c16-14(17,18)13(22,15(19,20)21)9-3-5-11-8-7-10-4-1-2-6-12(10)11/h1-2,4,6-8,11,22H,3,5,9H2. The third-order valence-corrected chi connectivity index (χ3v) is 3.90. The van der Waals surface area contributed by atoms with Crippen LogP contribution in [-0.2, 0) is 0 Å². The van der Waals surface area contributed by atoms with Gasteiger partial charge in [0.15, 0.2) is 0 Å². The molecule has 1 aliphatic carbocycles. The number of benzene rings is 1. The zero-order valence-electron chi connectivity index (χ0n) is 11.4. The number of alkyl halides is 6. The van der Waals surface area contributed by atoms with Crippen LogP contribution in [0.5, 0.6) is 0 Å². The van der Waals surface area contributed by atoms with Gasteiger partial charge in [0, 0.05) is 5.92 Å². The average molecular weight is 324 g/mol. The van der Waals surface area contributed by atoms with Gasteiger partial charge in [-0.25, -0.2) is 0 Å². The molecule has 1 aromatic carbocycles. The SMILES string of the molecule is OC(CCCC1C=Cc2ccccc21)(C(F)(F)F)C(F)(F)F. The van der Waals surface area contributed by atoms with Crippen LogP contribution in [0.2, 0.25) is 0 Å². The van der Waals surface area contributed by atoms with Crippen molar-refractivity contribution in [2.24, 2.45) is 0 Å². The summed E-state index contributed by atoms with van der Waals surface area (Å²) in [4.78, 5) is 0. The summed E-state index contributed by atoms with van der Waals surface area (Å²) in [5.41, 5.74) is -2.86.